The van der Waals surface area contributed by atoms with Crippen molar-refractivity contribution < 1.29 is 17.9 Å². The van der Waals surface area contributed by atoms with Gasteiger partial charge in [-0.15, -0.1) is 0 Å². The fourth-order valence-corrected chi connectivity index (χ4v) is 2.94. The Bertz CT molecular complexity index is 847. The first-order valence-electron chi connectivity index (χ1n) is 7.35. The van der Waals surface area contributed by atoms with Gasteiger partial charge in [-0.2, -0.15) is 0 Å². The number of hydrogen-bond donors (Lipinski definition) is 2. The van der Waals surface area contributed by atoms with Crippen LogP contribution in [0.4, 0.5) is 0 Å². The largest absolute Gasteiger partial charge is 0.497 e. The number of carbonyl (C=O) groups excluding carboxylic acids is 1. The van der Waals surface area contributed by atoms with Gasteiger partial charge in [-0.25, -0.2) is 13.6 Å². The first-order chi connectivity index (χ1) is 11.3. The van der Waals surface area contributed by atoms with E-state index >= 15 is 0 Å². The fourth-order valence-electron chi connectivity index (χ4n) is 2.29. The quantitative estimate of drug-likeness (QED) is 0.829. The number of sulfonamides is 1. The summed E-state index contributed by atoms with van der Waals surface area (Å²) in [5.41, 5.74) is 1.95. The number of hydrogen-bond acceptors (Lipinski definition) is 4. The number of benzene rings is 2. The van der Waals surface area contributed by atoms with Crippen LogP contribution in [0.15, 0.2) is 47.4 Å². The third-order valence-corrected chi connectivity index (χ3v) is 4.37. The number of carbonyl (C=O) groups is 1. The average molecular weight is 348 g/mol. The molecular weight excluding hydrogens is 328 g/mol. The SMILES string of the molecule is COc1cccc(CCNC(=O)c2cc(C)cc(S(N)(=O)=O)c2)c1. The number of methoxy groups -OCH3 is 1. The van der Waals surface area contributed by atoms with E-state index < -0.39 is 10.0 Å². The summed E-state index contributed by atoms with van der Waals surface area (Å²) >= 11 is 0. The Hall–Kier alpha value is -2.38. The lowest BCUT2D eigenvalue weighted by Crippen LogP contribution is -2.26. The Balaban J connectivity index is 2.03. The van der Waals surface area contributed by atoms with Crippen LogP contribution in [0.1, 0.15) is 21.5 Å². The van der Waals surface area contributed by atoms with Gasteiger partial charge in [-0.1, -0.05) is 12.1 Å². The normalized spacial score (nSPS) is 11.1. The number of nitrogens with two attached hydrogens (primary N) is 1. The van der Waals surface area contributed by atoms with Gasteiger partial charge >= 0.3 is 0 Å². The summed E-state index contributed by atoms with van der Waals surface area (Å²) in [5.74, 6) is 0.418. The zero-order valence-corrected chi connectivity index (χ0v) is 14.4. The molecule has 0 radical (unpaired) electrons. The standard InChI is InChI=1S/C17H20N2O4S/c1-12-8-14(11-16(9-12)24(18,21)22)17(20)19-7-6-13-4-3-5-15(10-13)23-2/h3-5,8-11H,6-7H2,1-2H3,(H,19,20)(H2,18,21,22). The Morgan fingerprint density at radius 1 is 1.21 bits per heavy atom. The predicted molar refractivity (Wildman–Crippen MR) is 91.6 cm³/mol. The van der Waals surface area contributed by atoms with Gasteiger partial charge in [0.05, 0.1) is 12.0 Å². The molecule has 6 nitrogen and oxygen atoms in total. The van der Waals surface area contributed by atoms with Crippen molar-refractivity contribution in [3.63, 3.8) is 0 Å². The van der Waals surface area contributed by atoms with Crippen LogP contribution in [0.3, 0.4) is 0 Å². The summed E-state index contributed by atoms with van der Waals surface area (Å²) in [7, 11) is -2.25. The number of ether oxygens (including phenoxy) is 1. The second kappa shape index (κ2) is 7.46. The molecule has 2 rings (SSSR count). The predicted octanol–water partition coefficient (Wildman–Crippen LogP) is 1.62. The molecule has 0 saturated carbocycles. The van der Waals surface area contributed by atoms with Crippen LogP contribution in [-0.4, -0.2) is 28.0 Å². The van der Waals surface area contributed by atoms with Crippen molar-refractivity contribution in [1.82, 2.24) is 5.32 Å². The van der Waals surface area contributed by atoms with E-state index in [-0.39, 0.29) is 16.4 Å². The van der Waals surface area contributed by atoms with Crippen molar-refractivity contribution in [2.75, 3.05) is 13.7 Å². The molecule has 24 heavy (non-hydrogen) atoms. The first-order valence-corrected chi connectivity index (χ1v) is 8.90. The minimum Gasteiger partial charge on any atom is -0.497 e. The summed E-state index contributed by atoms with van der Waals surface area (Å²) in [5, 5.41) is 7.90. The third-order valence-electron chi connectivity index (χ3n) is 3.47. The summed E-state index contributed by atoms with van der Waals surface area (Å²) in [6, 6.07) is 11.9. The van der Waals surface area contributed by atoms with Crippen LogP contribution in [0.2, 0.25) is 0 Å². The molecule has 7 heteroatoms. The fraction of sp³-hybridized carbons (Fsp3) is 0.235. The number of primary sulfonamides is 1. The van der Waals surface area contributed by atoms with Gasteiger partial charge in [-0.05, 0) is 54.8 Å². The summed E-state index contributed by atoms with van der Waals surface area (Å²) in [6.45, 7) is 2.13. The van der Waals surface area contributed by atoms with Gasteiger partial charge in [0.1, 0.15) is 5.75 Å². The smallest absolute Gasteiger partial charge is 0.251 e. The first kappa shape index (κ1) is 18.0. The molecule has 2 aromatic carbocycles. The Labute approximate surface area is 141 Å². The van der Waals surface area contributed by atoms with E-state index in [1.165, 1.54) is 12.1 Å². The zero-order chi connectivity index (χ0) is 17.7. The van der Waals surface area contributed by atoms with Crippen molar-refractivity contribution in [1.29, 1.82) is 0 Å². The van der Waals surface area contributed by atoms with E-state index in [9.17, 15) is 13.2 Å². The highest BCUT2D eigenvalue weighted by atomic mass is 32.2. The van der Waals surface area contributed by atoms with Crippen molar-refractivity contribution in [3.8, 4) is 5.75 Å². The minimum absolute atomic E-state index is 0.0690. The van der Waals surface area contributed by atoms with E-state index in [0.29, 0.717) is 18.5 Å². The van der Waals surface area contributed by atoms with Crippen molar-refractivity contribution in [3.05, 3.63) is 59.2 Å². The maximum absolute atomic E-state index is 12.2. The third kappa shape index (κ3) is 4.81. The molecule has 128 valence electrons. The second-order valence-corrected chi connectivity index (χ2v) is 7.00. The Kier molecular flexibility index (Phi) is 5.58. The highest BCUT2D eigenvalue weighted by Crippen LogP contribution is 2.14. The lowest BCUT2D eigenvalue weighted by molar-refractivity contribution is 0.0954. The van der Waals surface area contributed by atoms with E-state index in [1.807, 2.05) is 24.3 Å². The molecule has 0 atom stereocenters. The zero-order valence-electron chi connectivity index (χ0n) is 13.6. The topological polar surface area (TPSA) is 98.5 Å². The highest BCUT2D eigenvalue weighted by Gasteiger charge is 2.13. The molecule has 0 saturated heterocycles. The molecule has 0 heterocycles. The average Bonchev–Trinajstić information content (AvgIpc) is 2.53. The molecule has 1 amide bonds. The number of nitrogens with one attached hydrogen (secondary N) is 1. The van der Waals surface area contributed by atoms with Gasteiger partial charge in [0, 0.05) is 12.1 Å². The monoisotopic (exact) mass is 348 g/mol. The lowest BCUT2D eigenvalue weighted by atomic mass is 10.1. The number of rotatable bonds is 6. The van der Waals surface area contributed by atoms with Crippen molar-refractivity contribution in [2.24, 2.45) is 5.14 Å². The van der Waals surface area contributed by atoms with Crippen LogP contribution in [0.5, 0.6) is 5.75 Å². The van der Waals surface area contributed by atoms with E-state index in [2.05, 4.69) is 5.32 Å². The highest BCUT2D eigenvalue weighted by molar-refractivity contribution is 7.89. The molecule has 0 spiro atoms. The van der Waals surface area contributed by atoms with E-state index in [0.717, 1.165) is 11.3 Å². The molecule has 2 aromatic rings. The minimum atomic E-state index is -3.85. The van der Waals surface area contributed by atoms with Crippen molar-refractivity contribution in [2.45, 2.75) is 18.2 Å². The lowest BCUT2D eigenvalue weighted by Gasteiger charge is -2.09. The van der Waals surface area contributed by atoms with Gasteiger partial charge < -0.3 is 10.1 Å². The van der Waals surface area contributed by atoms with Crippen LogP contribution >= 0.6 is 0 Å². The van der Waals surface area contributed by atoms with E-state index in [1.54, 1.807) is 20.1 Å². The van der Waals surface area contributed by atoms with Gasteiger partial charge in [0.25, 0.3) is 5.91 Å². The summed E-state index contributed by atoms with van der Waals surface area (Å²) < 4.78 is 28.1. The van der Waals surface area contributed by atoms with Crippen LogP contribution in [-0.2, 0) is 16.4 Å². The number of amides is 1. The maximum atomic E-state index is 12.2. The van der Waals surface area contributed by atoms with Crippen LogP contribution < -0.4 is 15.2 Å². The molecule has 0 aliphatic heterocycles. The Morgan fingerprint density at radius 2 is 1.96 bits per heavy atom. The maximum Gasteiger partial charge on any atom is 0.251 e. The number of aryl methyl sites for hydroxylation is 1. The molecular formula is C17H20N2O4S. The summed E-state index contributed by atoms with van der Waals surface area (Å²) in [6.07, 6.45) is 0.636. The molecule has 3 N–H and O–H groups in total. The molecule has 0 unspecified atom stereocenters. The molecule has 0 bridgehead atoms. The van der Waals surface area contributed by atoms with Crippen molar-refractivity contribution >= 4 is 15.9 Å². The van der Waals surface area contributed by atoms with Gasteiger partial charge in [0.15, 0.2) is 0 Å². The molecule has 0 aromatic heterocycles. The van der Waals surface area contributed by atoms with E-state index in [4.69, 9.17) is 9.88 Å². The van der Waals surface area contributed by atoms with Crippen LogP contribution in [0, 0.1) is 6.92 Å². The van der Waals surface area contributed by atoms with Crippen LogP contribution in [0.25, 0.3) is 0 Å². The van der Waals surface area contributed by atoms with Gasteiger partial charge in [0.2, 0.25) is 10.0 Å². The summed E-state index contributed by atoms with van der Waals surface area (Å²) in [4.78, 5) is 12.1. The second-order valence-electron chi connectivity index (χ2n) is 5.44. The molecule has 0 aliphatic rings. The Morgan fingerprint density at radius 3 is 2.62 bits per heavy atom. The molecule has 0 fully saturated rings. The van der Waals surface area contributed by atoms with Gasteiger partial charge in [-0.3, -0.25) is 4.79 Å². The molecule has 0 aliphatic carbocycles.